The Hall–Kier alpha value is -1.03. The largest absolute Gasteiger partial charge is 0.465 e. The molecule has 2 atom stereocenters. The van der Waals surface area contributed by atoms with Gasteiger partial charge in [-0.25, -0.2) is 4.79 Å². The molecule has 0 saturated carbocycles. The first-order valence-corrected chi connectivity index (χ1v) is 5.66. The first kappa shape index (κ1) is 13.0. The third kappa shape index (κ3) is 2.98. The molecule has 2 unspecified atom stereocenters. The van der Waals surface area contributed by atoms with Crippen LogP contribution >= 0.6 is 0 Å². The van der Waals surface area contributed by atoms with Gasteiger partial charge in [-0.15, -0.1) is 0 Å². The highest BCUT2D eigenvalue weighted by molar-refractivity contribution is 5.65. The third-order valence-corrected chi connectivity index (χ3v) is 2.98. The van der Waals surface area contributed by atoms with E-state index >= 15 is 0 Å². The minimum atomic E-state index is -0.947. The molecule has 0 radical (unpaired) electrons. The van der Waals surface area contributed by atoms with Crippen LogP contribution in [-0.2, 0) is 0 Å². The summed E-state index contributed by atoms with van der Waals surface area (Å²) in [6.45, 7) is 6.23. The number of hydrogen-bond acceptors (Lipinski definition) is 2. The van der Waals surface area contributed by atoms with Gasteiger partial charge in [0.05, 0.1) is 12.1 Å². The Morgan fingerprint density at radius 2 is 2.06 bits per heavy atom. The van der Waals surface area contributed by atoms with Crippen LogP contribution in [0.5, 0.6) is 0 Å². The lowest BCUT2D eigenvalue weighted by atomic mass is 9.83. The first-order valence-electron chi connectivity index (χ1n) is 5.66. The summed E-state index contributed by atoms with van der Waals surface area (Å²) < 4.78 is 0. The second-order valence-corrected chi connectivity index (χ2v) is 5.35. The van der Waals surface area contributed by atoms with Crippen LogP contribution in [0.25, 0.3) is 0 Å². The molecule has 0 spiro atoms. The monoisotopic (exact) mass is 227 g/mol. The maximum Gasteiger partial charge on any atom is 0.407 e. The summed E-state index contributed by atoms with van der Waals surface area (Å²) in [5.41, 5.74) is -0.309. The van der Waals surface area contributed by atoms with Gasteiger partial charge in [-0.1, -0.05) is 32.9 Å². The van der Waals surface area contributed by atoms with Gasteiger partial charge < -0.3 is 15.1 Å². The molecule has 0 aromatic rings. The molecule has 1 amide bonds. The van der Waals surface area contributed by atoms with Crippen molar-refractivity contribution in [3.8, 4) is 0 Å². The van der Waals surface area contributed by atoms with Crippen LogP contribution in [0.15, 0.2) is 12.2 Å². The Balaban J connectivity index is 2.87. The van der Waals surface area contributed by atoms with E-state index in [0.29, 0.717) is 13.0 Å². The predicted molar refractivity (Wildman–Crippen MR) is 62.4 cm³/mol. The highest BCUT2D eigenvalue weighted by Gasteiger charge is 2.36. The Morgan fingerprint density at radius 3 is 2.56 bits per heavy atom. The molecule has 4 heteroatoms. The van der Waals surface area contributed by atoms with E-state index in [1.807, 2.05) is 32.9 Å². The van der Waals surface area contributed by atoms with Crippen LogP contribution < -0.4 is 0 Å². The maximum atomic E-state index is 11.1. The molecule has 1 aliphatic rings. The quantitative estimate of drug-likeness (QED) is 0.674. The van der Waals surface area contributed by atoms with Crippen LogP contribution in [-0.4, -0.2) is 39.9 Å². The second-order valence-electron chi connectivity index (χ2n) is 5.35. The fourth-order valence-corrected chi connectivity index (χ4v) is 1.97. The zero-order chi connectivity index (χ0) is 12.3. The van der Waals surface area contributed by atoms with Gasteiger partial charge in [0.25, 0.3) is 0 Å². The second kappa shape index (κ2) is 4.87. The molecule has 0 saturated heterocycles. The van der Waals surface area contributed by atoms with Crippen molar-refractivity contribution in [2.45, 2.75) is 45.8 Å². The van der Waals surface area contributed by atoms with Crippen LogP contribution in [0.4, 0.5) is 4.79 Å². The van der Waals surface area contributed by atoms with Crippen molar-refractivity contribution in [3.05, 3.63) is 12.2 Å². The van der Waals surface area contributed by atoms with Crippen molar-refractivity contribution >= 4 is 6.09 Å². The summed E-state index contributed by atoms with van der Waals surface area (Å²) in [6.07, 6.45) is 3.65. The average Bonchev–Trinajstić information content (AvgIpc) is 2.39. The van der Waals surface area contributed by atoms with Crippen LogP contribution in [0, 0.1) is 5.41 Å². The summed E-state index contributed by atoms with van der Waals surface area (Å²) >= 11 is 0. The molecule has 16 heavy (non-hydrogen) atoms. The zero-order valence-electron chi connectivity index (χ0n) is 10.2. The number of aliphatic hydroxyl groups excluding tert-OH is 1. The van der Waals surface area contributed by atoms with Gasteiger partial charge in [0.2, 0.25) is 0 Å². The lowest BCUT2D eigenvalue weighted by molar-refractivity contribution is -0.0116. The molecule has 0 bridgehead atoms. The lowest BCUT2D eigenvalue weighted by Gasteiger charge is -2.37. The normalized spacial score (nSPS) is 24.0. The van der Waals surface area contributed by atoms with Gasteiger partial charge in [0, 0.05) is 6.54 Å². The fourth-order valence-electron chi connectivity index (χ4n) is 1.97. The summed E-state index contributed by atoms with van der Waals surface area (Å²) in [4.78, 5) is 12.5. The van der Waals surface area contributed by atoms with E-state index < -0.39 is 12.2 Å². The smallest absolute Gasteiger partial charge is 0.407 e. The van der Waals surface area contributed by atoms with E-state index in [9.17, 15) is 9.90 Å². The topological polar surface area (TPSA) is 60.8 Å². The predicted octanol–water partition coefficient (Wildman–Crippen LogP) is 2.09. The molecule has 1 heterocycles. The fraction of sp³-hybridized carbons (Fsp3) is 0.750. The molecule has 1 rings (SSSR count). The number of aliphatic hydroxyl groups is 1. The molecule has 92 valence electrons. The van der Waals surface area contributed by atoms with E-state index in [0.717, 1.165) is 6.42 Å². The van der Waals surface area contributed by atoms with Gasteiger partial charge in [-0.3, -0.25) is 0 Å². The number of nitrogens with zero attached hydrogens (tertiary/aromatic N) is 1. The van der Waals surface area contributed by atoms with Crippen molar-refractivity contribution < 1.29 is 15.0 Å². The number of carbonyl (C=O) groups is 1. The highest BCUT2D eigenvalue weighted by Crippen LogP contribution is 2.27. The number of hydrogen-bond donors (Lipinski definition) is 2. The van der Waals surface area contributed by atoms with E-state index in [1.54, 1.807) is 0 Å². The zero-order valence-corrected chi connectivity index (χ0v) is 10.2. The van der Waals surface area contributed by atoms with Gasteiger partial charge in [-0.2, -0.15) is 0 Å². The lowest BCUT2D eigenvalue weighted by Crippen LogP contribution is -2.50. The van der Waals surface area contributed by atoms with Crippen molar-refractivity contribution in [1.29, 1.82) is 0 Å². The van der Waals surface area contributed by atoms with E-state index in [-0.39, 0.29) is 11.5 Å². The molecule has 0 aromatic heterocycles. The molecule has 0 fully saturated rings. The number of carboxylic acid groups (broad SMARTS) is 1. The number of amides is 1. The van der Waals surface area contributed by atoms with Gasteiger partial charge in [0.1, 0.15) is 0 Å². The summed E-state index contributed by atoms with van der Waals surface area (Å²) in [6, 6.07) is -0.337. The standard InChI is InChI=1S/C12H21NO3/c1-12(2,3)10(14)9-7-5-4-6-8-13(9)11(15)16/h4-5,9-10,14H,6-8H2,1-3H3,(H,15,16). The summed E-state index contributed by atoms with van der Waals surface area (Å²) in [7, 11) is 0. The average molecular weight is 227 g/mol. The Labute approximate surface area is 96.6 Å². The number of rotatable bonds is 1. The molecule has 2 N–H and O–H groups in total. The van der Waals surface area contributed by atoms with Crippen molar-refractivity contribution in [3.63, 3.8) is 0 Å². The Morgan fingerprint density at radius 1 is 1.44 bits per heavy atom. The van der Waals surface area contributed by atoms with Crippen molar-refractivity contribution in [2.24, 2.45) is 5.41 Å². The molecule has 0 aromatic carbocycles. The van der Waals surface area contributed by atoms with E-state index in [1.165, 1.54) is 4.90 Å². The highest BCUT2D eigenvalue weighted by atomic mass is 16.4. The van der Waals surface area contributed by atoms with Crippen LogP contribution in [0.2, 0.25) is 0 Å². The molecule has 1 aliphatic heterocycles. The van der Waals surface area contributed by atoms with Gasteiger partial charge >= 0.3 is 6.09 Å². The molecule has 4 nitrogen and oxygen atoms in total. The van der Waals surface area contributed by atoms with E-state index in [4.69, 9.17) is 5.11 Å². The SMILES string of the molecule is CC(C)(C)C(O)C1CC=CCCN1C(=O)O. The summed E-state index contributed by atoms with van der Waals surface area (Å²) in [5.74, 6) is 0. The van der Waals surface area contributed by atoms with Gasteiger partial charge in [-0.05, 0) is 18.3 Å². The molecule has 0 aliphatic carbocycles. The summed E-state index contributed by atoms with van der Waals surface area (Å²) in [5, 5.41) is 19.4. The molecular weight excluding hydrogens is 206 g/mol. The molecular formula is C12H21NO3. The van der Waals surface area contributed by atoms with Crippen molar-refractivity contribution in [1.82, 2.24) is 4.90 Å². The minimum absolute atomic E-state index is 0.309. The van der Waals surface area contributed by atoms with Crippen molar-refractivity contribution in [2.75, 3.05) is 6.54 Å². The first-order chi connectivity index (χ1) is 7.34. The Kier molecular flexibility index (Phi) is 3.97. The van der Waals surface area contributed by atoms with E-state index in [2.05, 4.69) is 0 Å². The van der Waals surface area contributed by atoms with Crippen LogP contribution in [0.1, 0.15) is 33.6 Å². The van der Waals surface area contributed by atoms with Crippen LogP contribution in [0.3, 0.4) is 0 Å². The Bertz CT molecular complexity index is 280. The maximum absolute atomic E-state index is 11.1. The minimum Gasteiger partial charge on any atom is -0.465 e. The third-order valence-electron chi connectivity index (χ3n) is 2.98. The van der Waals surface area contributed by atoms with Gasteiger partial charge in [0.15, 0.2) is 0 Å².